The summed E-state index contributed by atoms with van der Waals surface area (Å²) in [5.74, 6) is 0.139. The summed E-state index contributed by atoms with van der Waals surface area (Å²) in [5.41, 5.74) is -0.844. The van der Waals surface area contributed by atoms with Crippen molar-refractivity contribution < 1.29 is 18.0 Å². The number of thiazole rings is 1. The van der Waals surface area contributed by atoms with Gasteiger partial charge in [0.25, 0.3) is 0 Å². The van der Waals surface area contributed by atoms with Crippen LogP contribution >= 0.6 is 11.3 Å². The maximum absolute atomic E-state index is 12.6. The van der Waals surface area contributed by atoms with Gasteiger partial charge in [-0.2, -0.15) is 13.2 Å². The van der Waals surface area contributed by atoms with E-state index < -0.39 is 11.9 Å². The van der Waals surface area contributed by atoms with Gasteiger partial charge in [0, 0.05) is 31.6 Å². The Kier molecular flexibility index (Phi) is 4.50. The van der Waals surface area contributed by atoms with Crippen LogP contribution < -0.4 is 4.90 Å². The lowest BCUT2D eigenvalue weighted by atomic mass is 10.2. The number of amides is 1. The van der Waals surface area contributed by atoms with E-state index in [0.29, 0.717) is 31.3 Å². The van der Waals surface area contributed by atoms with E-state index in [1.54, 1.807) is 0 Å². The van der Waals surface area contributed by atoms with Gasteiger partial charge in [-0.25, -0.2) is 4.98 Å². The fourth-order valence-corrected chi connectivity index (χ4v) is 3.98. The summed E-state index contributed by atoms with van der Waals surface area (Å²) in [5, 5.41) is 1.42. The second-order valence-electron chi connectivity index (χ2n) is 5.96. The van der Waals surface area contributed by atoms with Crippen LogP contribution in [0.3, 0.4) is 0 Å². The van der Waals surface area contributed by atoms with E-state index in [0.717, 1.165) is 36.1 Å². The molecule has 1 unspecified atom stereocenters. The SMILES string of the molecule is CN1CCCC1C(=O)N1CCN(c2nc(C(F)(F)F)cs2)CC1. The van der Waals surface area contributed by atoms with Gasteiger partial charge in [-0.15, -0.1) is 11.3 Å². The number of aromatic nitrogens is 1. The maximum atomic E-state index is 12.6. The fraction of sp³-hybridized carbons (Fsp3) is 0.714. The molecule has 0 N–H and O–H groups in total. The van der Waals surface area contributed by atoms with Crippen molar-refractivity contribution in [1.29, 1.82) is 0 Å². The largest absolute Gasteiger partial charge is 0.434 e. The third-order valence-corrected chi connectivity index (χ3v) is 5.35. The molecule has 128 valence electrons. The molecule has 1 atom stereocenters. The molecule has 2 aliphatic heterocycles. The molecule has 1 aromatic heterocycles. The Labute approximate surface area is 136 Å². The van der Waals surface area contributed by atoms with Gasteiger partial charge in [0.05, 0.1) is 6.04 Å². The van der Waals surface area contributed by atoms with Crippen LogP contribution in [0.2, 0.25) is 0 Å². The molecule has 3 rings (SSSR count). The van der Waals surface area contributed by atoms with Gasteiger partial charge in [-0.1, -0.05) is 0 Å². The average Bonchev–Trinajstić information content (AvgIpc) is 3.15. The van der Waals surface area contributed by atoms with E-state index in [9.17, 15) is 18.0 Å². The Morgan fingerprint density at radius 1 is 1.26 bits per heavy atom. The highest BCUT2D eigenvalue weighted by Gasteiger charge is 2.36. The Morgan fingerprint density at radius 2 is 1.96 bits per heavy atom. The highest BCUT2D eigenvalue weighted by Crippen LogP contribution is 2.33. The first-order valence-electron chi connectivity index (χ1n) is 7.63. The van der Waals surface area contributed by atoms with Crippen molar-refractivity contribution in [2.75, 3.05) is 44.7 Å². The Bertz CT molecular complexity index is 569. The van der Waals surface area contributed by atoms with Crippen LogP contribution in [0.15, 0.2) is 5.38 Å². The first kappa shape index (κ1) is 16.5. The monoisotopic (exact) mass is 348 g/mol. The molecule has 2 aliphatic rings. The fourth-order valence-electron chi connectivity index (χ4n) is 3.09. The number of hydrogen-bond acceptors (Lipinski definition) is 5. The van der Waals surface area contributed by atoms with Crippen LogP contribution in [0, 0.1) is 0 Å². The van der Waals surface area contributed by atoms with Crippen LogP contribution in [-0.4, -0.2) is 66.5 Å². The predicted molar refractivity (Wildman–Crippen MR) is 81.6 cm³/mol. The summed E-state index contributed by atoms with van der Waals surface area (Å²) < 4.78 is 37.8. The number of hydrogen-bond donors (Lipinski definition) is 0. The normalized spacial score (nSPS) is 23.6. The third kappa shape index (κ3) is 3.45. The number of alkyl halides is 3. The lowest BCUT2D eigenvalue weighted by molar-refractivity contribution is -0.140. The van der Waals surface area contributed by atoms with E-state index >= 15 is 0 Å². The standard InChI is InChI=1S/C14H19F3N4OS/c1-19-4-2-3-10(19)12(22)20-5-7-21(8-6-20)13-18-11(9-23-13)14(15,16)17/h9-10H,2-8H2,1H3. The maximum Gasteiger partial charge on any atom is 0.434 e. The molecule has 0 radical (unpaired) electrons. The molecule has 23 heavy (non-hydrogen) atoms. The van der Waals surface area contributed by atoms with Crippen LogP contribution in [-0.2, 0) is 11.0 Å². The summed E-state index contributed by atoms with van der Waals surface area (Å²) in [4.78, 5) is 21.9. The quantitative estimate of drug-likeness (QED) is 0.819. The zero-order chi connectivity index (χ0) is 16.6. The Balaban J connectivity index is 1.58. The number of likely N-dealkylation sites (N-methyl/N-ethyl adjacent to an activating group) is 1. The van der Waals surface area contributed by atoms with Gasteiger partial charge in [-0.3, -0.25) is 9.69 Å². The molecule has 5 nitrogen and oxygen atoms in total. The first-order valence-corrected chi connectivity index (χ1v) is 8.51. The molecule has 9 heteroatoms. The topological polar surface area (TPSA) is 39.7 Å². The van der Waals surface area contributed by atoms with Gasteiger partial charge in [0.15, 0.2) is 10.8 Å². The van der Waals surface area contributed by atoms with E-state index in [-0.39, 0.29) is 11.9 Å². The molecule has 0 saturated carbocycles. The lowest BCUT2D eigenvalue weighted by Gasteiger charge is -2.36. The number of carbonyl (C=O) groups is 1. The molecule has 0 aliphatic carbocycles. The summed E-state index contributed by atoms with van der Waals surface area (Å²) in [6.07, 6.45) is -2.48. The molecule has 0 spiro atoms. The van der Waals surface area contributed by atoms with Crippen LogP contribution in [0.4, 0.5) is 18.3 Å². The van der Waals surface area contributed by atoms with Crippen molar-refractivity contribution in [2.45, 2.75) is 25.1 Å². The minimum atomic E-state index is -4.40. The van der Waals surface area contributed by atoms with Crippen molar-refractivity contribution in [2.24, 2.45) is 0 Å². The number of halogens is 3. The number of nitrogens with zero attached hydrogens (tertiary/aromatic N) is 4. The molecule has 1 amide bonds. The summed E-state index contributed by atoms with van der Waals surface area (Å²) >= 11 is 1.00. The van der Waals surface area contributed by atoms with Gasteiger partial charge in [0.1, 0.15) is 0 Å². The Hall–Kier alpha value is -1.35. The number of rotatable bonds is 2. The highest BCUT2D eigenvalue weighted by molar-refractivity contribution is 7.13. The average molecular weight is 348 g/mol. The molecular weight excluding hydrogens is 329 g/mol. The van der Waals surface area contributed by atoms with Gasteiger partial charge in [-0.05, 0) is 26.4 Å². The van der Waals surface area contributed by atoms with Crippen molar-refractivity contribution in [3.8, 4) is 0 Å². The van der Waals surface area contributed by atoms with E-state index in [1.165, 1.54) is 0 Å². The zero-order valence-electron chi connectivity index (χ0n) is 12.8. The molecule has 3 heterocycles. The Morgan fingerprint density at radius 3 is 2.48 bits per heavy atom. The van der Waals surface area contributed by atoms with Gasteiger partial charge in [0.2, 0.25) is 5.91 Å². The molecule has 0 aromatic carbocycles. The second kappa shape index (κ2) is 6.27. The van der Waals surface area contributed by atoms with E-state index in [1.807, 2.05) is 16.8 Å². The third-order valence-electron chi connectivity index (χ3n) is 4.45. The molecule has 2 fully saturated rings. The van der Waals surface area contributed by atoms with Crippen molar-refractivity contribution in [3.63, 3.8) is 0 Å². The van der Waals surface area contributed by atoms with Gasteiger partial charge < -0.3 is 9.80 Å². The summed E-state index contributed by atoms with van der Waals surface area (Å²) in [6.45, 7) is 3.05. The van der Waals surface area contributed by atoms with Crippen molar-refractivity contribution in [1.82, 2.24) is 14.8 Å². The number of anilines is 1. The van der Waals surface area contributed by atoms with E-state index in [4.69, 9.17) is 0 Å². The minimum Gasteiger partial charge on any atom is -0.345 e. The van der Waals surface area contributed by atoms with Crippen molar-refractivity contribution >= 4 is 22.4 Å². The van der Waals surface area contributed by atoms with E-state index in [2.05, 4.69) is 9.88 Å². The minimum absolute atomic E-state index is 0.0433. The van der Waals surface area contributed by atoms with Crippen LogP contribution in [0.25, 0.3) is 0 Å². The smallest absolute Gasteiger partial charge is 0.345 e. The first-order chi connectivity index (χ1) is 10.9. The molecular formula is C14H19F3N4OS. The number of carbonyl (C=O) groups excluding carboxylic acids is 1. The highest BCUT2D eigenvalue weighted by atomic mass is 32.1. The van der Waals surface area contributed by atoms with Crippen LogP contribution in [0.1, 0.15) is 18.5 Å². The summed E-state index contributed by atoms with van der Waals surface area (Å²) in [6, 6.07) is -0.0433. The molecule has 0 bridgehead atoms. The van der Waals surface area contributed by atoms with Crippen LogP contribution in [0.5, 0.6) is 0 Å². The zero-order valence-corrected chi connectivity index (χ0v) is 13.7. The second-order valence-corrected chi connectivity index (χ2v) is 6.80. The van der Waals surface area contributed by atoms with Gasteiger partial charge >= 0.3 is 6.18 Å². The number of piperazine rings is 1. The number of likely N-dealkylation sites (tertiary alicyclic amines) is 1. The molecule has 1 aromatic rings. The van der Waals surface area contributed by atoms with Crippen molar-refractivity contribution in [3.05, 3.63) is 11.1 Å². The molecule has 2 saturated heterocycles. The predicted octanol–water partition coefficient (Wildman–Crippen LogP) is 1.90. The lowest BCUT2D eigenvalue weighted by Crippen LogP contribution is -2.53. The summed E-state index contributed by atoms with van der Waals surface area (Å²) in [7, 11) is 1.96.